The third kappa shape index (κ3) is 2.29. The van der Waals surface area contributed by atoms with Crippen LogP contribution in [0, 0.1) is 0 Å². The third-order valence-electron chi connectivity index (χ3n) is 3.49. The number of hydrogen-bond donors (Lipinski definition) is 1. The number of nitrogens with one attached hydrogen (secondary N) is 1. The van der Waals surface area contributed by atoms with E-state index in [4.69, 9.17) is 0 Å². The minimum atomic E-state index is 0.378. The number of benzene rings is 1. The molecule has 0 saturated carbocycles. The van der Waals surface area contributed by atoms with Gasteiger partial charge >= 0.3 is 0 Å². The molecule has 18 heavy (non-hydrogen) atoms. The lowest BCUT2D eigenvalue weighted by molar-refractivity contribution is 0.507. The molecule has 2 aromatic rings. The van der Waals surface area contributed by atoms with E-state index in [0.29, 0.717) is 6.04 Å². The van der Waals surface area contributed by atoms with Crippen molar-refractivity contribution < 1.29 is 0 Å². The minimum Gasteiger partial charge on any atom is -0.309 e. The van der Waals surface area contributed by atoms with Gasteiger partial charge < -0.3 is 5.32 Å². The van der Waals surface area contributed by atoms with Crippen LogP contribution >= 0.6 is 0 Å². The summed E-state index contributed by atoms with van der Waals surface area (Å²) in [6.07, 6.45) is 6.91. The zero-order chi connectivity index (χ0) is 12.2. The predicted molar refractivity (Wildman–Crippen MR) is 70.6 cm³/mol. The maximum atomic E-state index is 4.22. The molecule has 1 saturated heterocycles. The van der Waals surface area contributed by atoms with E-state index in [9.17, 15) is 0 Å². The summed E-state index contributed by atoms with van der Waals surface area (Å²) in [5, 5.41) is 11.9. The normalized spacial score (nSPS) is 20.6. The van der Waals surface area contributed by atoms with Crippen LogP contribution in [-0.4, -0.2) is 21.5 Å². The van der Waals surface area contributed by atoms with Crippen LogP contribution in [-0.2, 0) is 0 Å². The van der Waals surface area contributed by atoms with Crippen LogP contribution in [0.5, 0.6) is 0 Å². The van der Waals surface area contributed by atoms with E-state index in [1.54, 1.807) is 0 Å². The first-order valence-electron chi connectivity index (χ1n) is 6.64. The van der Waals surface area contributed by atoms with Gasteiger partial charge in [-0.3, -0.25) is 0 Å². The number of para-hydroxylation sites is 1. The van der Waals surface area contributed by atoms with Gasteiger partial charge in [0.25, 0.3) is 0 Å². The van der Waals surface area contributed by atoms with Crippen LogP contribution in [0.25, 0.3) is 5.69 Å². The van der Waals surface area contributed by atoms with Crippen molar-refractivity contribution in [2.45, 2.75) is 31.7 Å². The molecular formula is C14H18N4. The molecule has 0 bridgehead atoms. The highest BCUT2D eigenvalue weighted by atomic mass is 15.4. The number of nitrogens with zero attached hydrogens (tertiary/aromatic N) is 3. The van der Waals surface area contributed by atoms with Crippen LogP contribution in [0.2, 0.25) is 0 Å². The second-order valence-electron chi connectivity index (χ2n) is 4.76. The zero-order valence-corrected chi connectivity index (χ0v) is 10.4. The van der Waals surface area contributed by atoms with Gasteiger partial charge in [-0.25, -0.2) is 4.68 Å². The zero-order valence-electron chi connectivity index (χ0n) is 10.4. The van der Waals surface area contributed by atoms with Crippen molar-refractivity contribution in [1.82, 2.24) is 20.3 Å². The van der Waals surface area contributed by atoms with Crippen molar-refractivity contribution >= 4 is 0 Å². The van der Waals surface area contributed by atoms with Crippen LogP contribution < -0.4 is 5.32 Å². The largest absolute Gasteiger partial charge is 0.309 e. The van der Waals surface area contributed by atoms with Crippen molar-refractivity contribution in [3.05, 3.63) is 42.2 Å². The van der Waals surface area contributed by atoms with Gasteiger partial charge in [0.15, 0.2) is 0 Å². The Morgan fingerprint density at radius 3 is 2.89 bits per heavy atom. The first-order valence-corrected chi connectivity index (χ1v) is 6.64. The van der Waals surface area contributed by atoms with Gasteiger partial charge in [-0.1, -0.05) is 36.3 Å². The van der Waals surface area contributed by atoms with Crippen LogP contribution in [0.3, 0.4) is 0 Å². The Morgan fingerprint density at radius 2 is 2.00 bits per heavy atom. The van der Waals surface area contributed by atoms with E-state index in [0.717, 1.165) is 12.2 Å². The summed E-state index contributed by atoms with van der Waals surface area (Å²) in [4.78, 5) is 0. The lowest BCUT2D eigenvalue weighted by Crippen LogP contribution is -2.22. The van der Waals surface area contributed by atoms with E-state index in [-0.39, 0.29) is 0 Å². The topological polar surface area (TPSA) is 42.7 Å². The Kier molecular flexibility index (Phi) is 3.37. The van der Waals surface area contributed by atoms with Gasteiger partial charge in [0, 0.05) is 0 Å². The number of hydrogen-bond acceptors (Lipinski definition) is 3. The lowest BCUT2D eigenvalue weighted by Gasteiger charge is -2.16. The Morgan fingerprint density at radius 1 is 1.11 bits per heavy atom. The molecule has 0 radical (unpaired) electrons. The molecule has 1 aliphatic heterocycles. The highest BCUT2D eigenvalue weighted by Gasteiger charge is 2.18. The van der Waals surface area contributed by atoms with Crippen molar-refractivity contribution in [2.24, 2.45) is 0 Å². The summed E-state index contributed by atoms with van der Waals surface area (Å²) in [5.74, 6) is 0. The van der Waals surface area contributed by atoms with Gasteiger partial charge in [-0.2, -0.15) is 0 Å². The first kappa shape index (κ1) is 11.4. The predicted octanol–water partition coefficient (Wildman–Crippen LogP) is 2.47. The van der Waals surface area contributed by atoms with Gasteiger partial charge in [0.1, 0.15) is 0 Å². The Labute approximate surface area is 107 Å². The molecule has 3 rings (SSSR count). The standard InChI is InChI=1S/C14H18N4/c1-3-7-12(8-4-1)18-14(11-16-17-18)13-9-5-2-6-10-15-13/h1,3-4,7-8,11,13,15H,2,5-6,9-10H2. The van der Waals surface area contributed by atoms with Crippen molar-refractivity contribution in [2.75, 3.05) is 6.54 Å². The van der Waals surface area contributed by atoms with E-state index < -0.39 is 0 Å². The fraction of sp³-hybridized carbons (Fsp3) is 0.429. The molecule has 0 amide bonds. The Balaban J connectivity index is 1.91. The molecule has 1 unspecified atom stereocenters. The number of aromatic nitrogens is 3. The average Bonchev–Trinajstić information content (AvgIpc) is 2.75. The second kappa shape index (κ2) is 5.31. The van der Waals surface area contributed by atoms with E-state index in [2.05, 4.69) is 27.8 Å². The Bertz CT molecular complexity index is 484. The molecule has 1 aromatic heterocycles. The summed E-state index contributed by atoms with van der Waals surface area (Å²) >= 11 is 0. The molecule has 1 aromatic carbocycles. The molecule has 1 aliphatic rings. The molecule has 1 atom stereocenters. The SMILES string of the molecule is c1ccc(-n2nncc2C2CCCCCN2)cc1. The lowest BCUT2D eigenvalue weighted by atomic mass is 10.1. The van der Waals surface area contributed by atoms with E-state index in [1.165, 1.54) is 31.4 Å². The summed E-state index contributed by atoms with van der Waals surface area (Å²) in [7, 11) is 0. The average molecular weight is 242 g/mol. The van der Waals surface area contributed by atoms with Crippen molar-refractivity contribution in [3.63, 3.8) is 0 Å². The molecule has 1 N–H and O–H groups in total. The maximum Gasteiger partial charge on any atom is 0.0815 e. The summed E-state index contributed by atoms with van der Waals surface area (Å²) in [6.45, 7) is 1.09. The first-order chi connectivity index (χ1) is 8.95. The molecule has 4 nitrogen and oxygen atoms in total. The number of rotatable bonds is 2. The van der Waals surface area contributed by atoms with Crippen LogP contribution in [0.1, 0.15) is 37.4 Å². The summed E-state index contributed by atoms with van der Waals surface area (Å²) in [6, 6.07) is 10.6. The van der Waals surface area contributed by atoms with E-state index in [1.807, 2.05) is 29.1 Å². The third-order valence-corrected chi connectivity index (χ3v) is 3.49. The molecule has 4 heteroatoms. The molecule has 0 spiro atoms. The summed E-state index contributed by atoms with van der Waals surface area (Å²) < 4.78 is 1.95. The smallest absolute Gasteiger partial charge is 0.0815 e. The van der Waals surface area contributed by atoms with Crippen molar-refractivity contribution in [1.29, 1.82) is 0 Å². The highest BCUT2D eigenvalue weighted by molar-refractivity contribution is 5.32. The highest BCUT2D eigenvalue weighted by Crippen LogP contribution is 2.23. The fourth-order valence-corrected chi connectivity index (χ4v) is 2.53. The fourth-order valence-electron chi connectivity index (χ4n) is 2.53. The Hall–Kier alpha value is -1.68. The minimum absolute atomic E-state index is 0.378. The van der Waals surface area contributed by atoms with Crippen LogP contribution in [0.4, 0.5) is 0 Å². The molecular weight excluding hydrogens is 224 g/mol. The molecule has 94 valence electrons. The molecule has 1 fully saturated rings. The molecule has 0 aliphatic carbocycles. The van der Waals surface area contributed by atoms with Gasteiger partial charge in [0.05, 0.1) is 23.6 Å². The van der Waals surface area contributed by atoms with Crippen molar-refractivity contribution in [3.8, 4) is 5.69 Å². The van der Waals surface area contributed by atoms with Gasteiger partial charge in [-0.15, -0.1) is 5.10 Å². The maximum absolute atomic E-state index is 4.22. The van der Waals surface area contributed by atoms with Crippen LogP contribution in [0.15, 0.2) is 36.5 Å². The van der Waals surface area contributed by atoms with E-state index >= 15 is 0 Å². The monoisotopic (exact) mass is 242 g/mol. The van der Waals surface area contributed by atoms with Gasteiger partial charge in [0.2, 0.25) is 0 Å². The van der Waals surface area contributed by atoms with Gasteiger partial charge in [-0.05, 0) is 31.5 Å². The molecule has 2 heterocycles. The second-order valence-corrected chi connectivity index (χ2v) is 4.76. The summed E-state index contributed by atoms with van der Waals surface area (Å²) in [5.41, 5.74) is 2.25. The quantitative estimate of drug-likeness (QED) is 0.879.